The number of rotatable bonds is 0. The Labute approximate surface area is 386 Å². The van der Waals surface area contributed by atoms with Gasteiger partial charge in [-0.3, -0.25) is 0 Å². The summed E-state index contributed by atoms with van der Waals surface area (Å²) in [7, 11) is 0. The molecule has 2 heteroatoms. The van der Waals surface area contributed by atoms with Gasteiger partial charge in [0.15, 0.2) is 0 Å². The molecule has 0 N–H and O–H groups in total. The fraction of sp³-hybridized carbons (Fsp3) is 0.857. The zero-order valence-electron chi connectivity index (χ0n) is 37.8. The van der Waals surface area contributed by atoms with Gasteiger partial charge in [-0.15, -0.1) is 0 Å². The maximum absolute atomic E-state index is 1.87. The molecule has 322 valence electrons. The van der Waals surface area contributed by atoms with Gasteiger partial charge in [-0.2, -0.15) is 154 Å². The van der Waals surface area contributed by atoms with Crippen molar-refractivity contribution in [1.29, 1.82) is 0 Å². The first-order valence-corrected chi connectivity index (χ1v) is 26.3. The van der Waals surface area contributed by atoms with Crippen molar-refractivity contribution in [3.05, 3.63) is 47.3 Å². The summed E-state index contributed by atoms with van der Waals surface area (Å²) in [5.74, 6) is 24.0. The maximum Gasteiger partial charge on any atom is 4.00 e. The Morgan fingerprint density at radius 3 is 0.259 bits per heavy atom. The van der Waals surface area contributed by atoms with Gasteiger partial charge in [0.1, 0.15) is 0 Å². The standard InChI is InChI=1S/8C7H11.2V/c8*1-2-7-4-3-6(1)5-7;;/h8*6H,1-5H2;;/q8*-1;2*+4. The molecule has 2 radical (unpaired) electrons. The van der Waals surface area contributed by atoms with Crippen molar-refractivity contribution >= 4 is 0 Å². The molecule has 0 aromatic heterocycles. The minimum atomic E-state index is 0. The van der Waals surface area contributed by atoms with E-state index in [0.717, 1.165) is 47.3 Å². The summed E-state index contributed by atoms with van der Waals surface area (Å²) >= 11 is 0. The van der Waals surface area contributed by atoms with E-state index in [0.29, 0.717) is 0 Å². The van der Waals surface area contributed by atoms with E-state index in [2.05, 4.69) is 0 Å². The molecular formula is C56H88V2. The second kappa shape index (κ2) is 23.9. The molecule has 0 nitrogen and oxygen atoms in total. The van der Waals surface area contributed by atoms with E-state index in [9.17, 15) is 0 Å². The molecule has 16 rings (SSSR count). The first kappa shape index (κ1) is 47.1. The van der Waals surface area contributed by atoms with Crippen LogP contribution in [0.4, 0.5) is 0 Å². The summed E-state index contributed by atoms with van der Waals surface area (Å²) < 4.78 is 0. The number of hydrogen-bond acceptors (Lipinski definition) is 0. The molecule has 0 heterocycles. The molecule has 16 aliphatic rings. The smallest absolute Gasteiger partial charge is 0.313 e. The van der Waals surface area contributed by atoms with Gasteiger partial charge in [-0.1, -0.05) is 150 Å². The largest absolute Gasteiger partial charge is 4.00 e. The second-order valence-electron chi connectivity index (χ2n) is 23.2. The average Bonchev–Trinajstić information content (AvgIpc) is 4.11. The first-order chi connectivity index (χ1) is 27.6. The van der Waals surface area contributed by atoms with Gasteiger partial charge in [-0.05, 0) is 0 Å². The molecule has 16 fully saturated rings. The van der Waals surface area contributed by atoms with Gasteiger partial charge in [0, 0.05) is 0 Å². The molecule has 0 amide bonds. The third-order valence-corrected chi connectivity index (χ3v) is 19.1. The molecule has 0 aromatic carbocycles. The topological polar surface area (TPSA) is 0 Å². The number of hydrogen-bond donors (Lipinski definition) is 0. The third-order valence-electron chi connectivity index (χ3n) is 19.1. The normalized spacial score (nSPS) is 31.4. The quantitative estimate of drug-likeness (QED) is 0.213. The van der Waals surface area contributed by atoms with Crippen molar-refractivity contribution in [3.63, 3.8) is 0 Å². The van der Waals surface area contributed by atoms with Crippen LogP contribution in [0.1, 0.15) is 257 Å². The SMILES string of the molecule is C1CC2CC[C-]1C2.C1CC2CC[C-]1C2.C1CC2CC[C-]1C2.C1CC2CC[C-]1C2.C1CC2CC[C-]1C2.C1CC2CC[C-]1C2.C1CC2CC[C-]1C2.C1CC2CC[C-]1C2.[V+4].[V+4]. The Morgan fingerprint density at radius 1 is 0.155 bits per heavy atom. The minimum absolute atomic E-state index is 0. The zero-order chi connectivity index (χ0) is 37.5. The van der Waals surface area contributed by atoms with Gasteiger partial charge < -0.3 is 47.3 Å². The van der Waals surface area contributed by atoms with Crippen LogP contribution in [0.5, 0.6) is 0 Å². The van der Waals surface area contributed by atoms with Crippen LogP contribution in [0.3, 0.4) is 0 Å². The van der Waals surface area contributed by atoms with E-state index < -0.39 is 0 Å². The van der Waals surface area contributed by atoms with E-state index in [4.69, 9.17) is 0 Å². The monoisotopic (exact) mass is 863 g/mol. The van der Waals surface area contributed by atoms with Gasteiger partial charge >= 0.3 is 37.1 Å². The third kappa shape index (κ3) is 14.1. The molecule has 0 spiro atoms. The van der Waals surface area contributed by atoms with Crippen LogP contribution < -0.4 is 0 Å². The van der Waals surface area contributed by atoms with Crippen LogP contribution in [-0.2, 0) is 37.1 Å². The molecule has 0 atom stereocenters. The van der Waals surface area contributed by atoms with Crippen LogP contribution in [0, 0.1) is 94.7 Å². The van der Waals surface area contributed by atoms with Crippen LogP contribution in [0.25, 0.3) is 0 Å². The zero-order valence-corrected chi connectivity index (χ0v) is 40.6. The average molecular weight is 863 g/mol. The van der Waals surface area contributed by atoms with E-state index in [-0.39, 0.29) is 37.1 Å². The Morgan fingerprint density at radius 2 is 0.241 bits per heavy atom. The van der Waals surface area contributed by atoms with Crippen LogP contribution in [0.15, 0.2) is 0 Å². The molecule has 16 bridgehead atoms. The Bertz CT molecular complexity index is 741. The van der Waals surface area contributed by atoms with Crippen LogP contribution in [-0.4, -0.2) is 0 Å². The molecule has 0 unspecified atom stereocenters. The van der Waals surface area contributed by atoms with Crippen molar-refractivity contribution in [2.75, 3.05) is 0 Å². The van der Waals surface area contributed by atoms with Crippen molar-refractivity contribution < 1.29 is 37.1 Å². The molecule has 16 aliphatic carbocycles. The summed E-state index contributed by atoms with van der Waals surface area (Å²) in [5, 5.41) is 0. The second-order valence-corrected chi connectivity index (χ2v) is 23.2. The Balaban J connectivity index is 0.000000100. The molecular weight excluding hydrogens is 775 g/mol. The van der Waals surface area contributed by atoms with Crippen molar-refractivity contribution in [2.24, 2.45) is 47.3 Å². The summed E-state index contributed by atoms with van der Waals surface area (Å²) in [5.41, 5.74) is 0. The predicted octanol–water partition coefficient (Wildman–Crippen LogP) is 17.2. The summed E-state index contributed by atoms with van der Waals surface area (Å²) in [6.45, 7) is 0. The van der Waals surface area contributed by atoms with E-state index in [1.807, 2.05) is 47.3 Å². The van der Waals surface area contributed by atoms with Crippen molar-refractivity contribution in [3.8, 4) is 0 Å². The Hall–Kier alpha value is 1.17. The summed E-state index contributed by atoms with van der Waals surface area (Å²) in [4.78, 5) is 0. The summed E-state index contributed by atoms with van der Waals surface area (Å²) in [6, 6.07) is 0. The molecule has 0 aliphatic heterocycles. The number of fused-ring (bicyclic) bond motifs is 16. The first-order valence-electron chi connectivity index (χ1n) is 26.3. The van der Waals surface area contributed by atoms with E-state index >= 15 is 0 Å². The van der Waals surface area contributed by atoms with Crippen LogP contribution in [0.2, 0.25) is 0 Å². The molecule has 0 aromatic rings. The minimum Gasteiger partial charge on any atom is -0.313 e. The van der Waals surface area contributed by atoms with Crippen LogP contribution >= 0.6 is 0 Å². The van der Waals surface area contributed by atoms with Gasteiger partial charge in [-0.25, -0.2) is 0 Å². The van der Waals surface area contributed by atoms with Crippen molar-refractivity contribution in [2.45, 2.75) is 257 Å². The van der Waals surface area contributed by atoms with Crippen molar-refractivity contribution in [1.82, 2.24) is 0 Å². The summed E-state index contributed by atoms with van der Waals surface area (Å²) in [6.07, 6.45) is 60.0. The van der Waals surface area contributed by atoms with Gasteiger partial charge in [0.25, 0.3) is 0 Å². The van der Waals surface area contributed by atoms with E-state index in [1.54, 1.807) is 0 Å². The fourth-order valence-electron chi connectivity index (χ4n) is 15.2. The molecule has 58 heavy (non-hydrogen) atoms. The fourth-order valence-corrected chi connectivity index (χ4v) is 15.2. The Kier molecular flexibility index (Phi) is 19.4. The maximum atomic E-state index is 1.87. The molecule has 0 saturated heterocycles. The molecule has 16 saturated carbocycles. The van der Waals surface area contributed by atoms with Gasteiger partial charge in [0.05, 0.1) is 0 Å². The van der Waals surface area contributed by atoms with E-state index in [1.165, 1.54) is 257 Å². The predicted molar refractivity (Wildman–Crippen MR) is 239 cm³/mol. The van der Waals surface area contributed by atoms with Gasteiger partial charge in [0.2, 0.25) is 0 Å².